The van der Waals surface area contributed by atoms with E-state index in [1.165, 1.54) is 4.90 Å². The molecule has 1 saturated heterocycles. The van der Waals surface area contributed by atoms with Crippen LogP contribution in [-0.2, 0) is 18.3 Å². The van der Waals surface area contributed by atoms with Gasteiger partial charge in [0.05, 0.1) is 18.4 Å². The molecule has 1 aromatic carbocycles. The van der Waals surface area contributed by atoms with E-state index in [-0.39, 0.29) is 24.3 Å². The van der Waals surface area contributed by atoms with E-state index >= 15 is 0 Å². The first kappa shape index (κ1) is 33.1. The van der Waals surface area contributed by atoms with Crippen LogP contribution in [0.15, 0.2) is 35.2 Å². The van der Waals surface area contributed by atoms with Crippen molar-refractivity contribution in [3.63, 3.8) is 0 Å². The van der Waals surface area contributed by atoms with Gasteiger partial charge in [-0.05, 0) is 80.0 Å². The van der Waals surface area contributed by atoms with E-state index < -0.39 is 13.2 Å². The number of thioether (sulfide) groups is 1. The lowest BCUT2D eigenvalue weighted by Crippen LogP contribution is -2.48. The molecule has 0 aromatic heterocycles. The van der Waals surface area contributed by atoms with E-state index in [9.17, 15) is 9.36 Å². The molecule has 1 heterocycles. The molecule has 2 rings (SSSR count). The summed E-state index contributed by atoms with van der Waals surface area (Å²) < 4.78 is 29.9. The molecule has 10 heteroatoms. The van der Waals surface area contributed by atoms with Crippen LogP contribution in [0.1, 0.15) is 61.3 Å². The van der Waals surface area contributed by atoms with Crippen molar-refractivity contribution in [3.05, 3.63) is 30.3 Å². The van der Waals surface area contributed by atoms with Crippen LogP contribution in [-0.4, -0.2) is 90.9 Å². The molecule has 1 atom stereocenters. The summed E-state index contributed by atoms with van der Waals surface area (Å²) in [7, 11) is -3.07. The molecule has 0 radical (unpaired) electrons. The first-order valence-electron chi connectivity index (χ1n) is 13.9. The monoisotopic (exact) mass is 571 g/mol. The topological polar surface area (TPSA) is 80.3 Å². The molecule has 218 valence electrons. The number of nitrogens with one attached hydrogen (secondary N) is 1. The SMILES string of the molecule is CC(C)OP(=O)(CCCN1CCN(CC[C@H](CSc2ccccc2)NC(=O)OC(C)(C)C)CC1)OC(C)C. The number of nitrogens with zero attached hydrogens (tertiary/aromatic N) is 2. The van der Waals surface area contributed by atoms with E-state index in [0.717, 1.165) is 57.9 Å². The minimum Gasteiger partial charge on any atom is -0.444 e. The molecule has 1 aliphatic rings. The highest BCUT2D eigenvalue weighted by atomic mass is 32.2. The molecule has 1 fully saturated rings. The van der Waals surface area contributed by atoms with Gasteiger partial charge in [-0.25, -0.2) is 4.79 Å². The van der Waals surface area contributed by atoms with Crippen LogP contribution in [0.4, 0.5) is 4.79 Å². The Balaban J connectivity index is 1.78. The van der Waals surface area contributed by atoms with Crippen molar-refractivity contribution in [2.75, 3.05) is 51.2 Å². The molecule has 1 N–H and O–H groups in total. The van der Waals surface area contributed by atoms with E-state index in [1.54, 1.807) is 11.8 Å². The highest BCUT2D eigenvalue weighted by molar-refractivity contribution is 7.99. The molecule has 0 bridgehead atoms. The Morgan fingerprint density at radius 3 is 2.05 bits per heavy atom. The van der Waals surface area contributed by atoms with Crippen molar-refractivity contribution in [1.29, 1.82) is 0 Å². The van der Waals surface area contributed by atoms with Gasteiger partial charge in [0.1, 0.15) is 5.60 Å². The number of hydrogen-bond acceptors (Lipinski definition) is 8. The van der Waals surface area contributed by atoms with Gasteiger partial charge in [-0.2, -0.15) is 0 Å². The van der Waals surface area contributed by atoms with Gasteiger partial charge in [0, 0.05) is 49.4 Å². The van der Waals surface area contributed by atoms with Crippen LogP contribution in [0.3, 0.4) is 0 Å². The number of benzene rings is 1. The van der Waals surface area contributed by atoms with Gasteiger partial charge in [0.2, 0.25) is 0 Å². The molecule has 1 amide bonds. The quantitative estimate of drug-likeness (QED) is 0.199. The smallest absolute Gasteiger partial charge is 0.407 e. The highest BCUT2D eigenvalue weighted by Crippen LogP contribution is 2.50. The molecule has 1 aromatic rings. The fraction of sp³-hybridized carbons (Fsp3) is 0.750. The number of hydrogen-bond donors (Lipinski definition) is 1. The summed E-state index contributed by atoms with van der Waals surface area (Å²) in [6, 6.07) is 10.3. The largest absolute Gasteiger partial charge is 0.444 e. The summed E-state index contributed by atoms with van der Waals surface area (Å²) in [4.78, 5) is 18.5. The maximum Gasteiger partial charge on any atom is 0.407 e. The Bertz CT molecular complexity index is 844. The lowest BCUT2D eigenvalue weighted by atomic mass is 10.2. The summed E-state index contributed by atoms with van der Waals surface area (Å²) in [5, 5.41) is 3.09. The fourth-order valence-corrected chi connectivity index (χ4v) is 7.29. The van der Waals surface area contributed by atoms with E-state index in [4.69, 9.17) is 13.8 Å². The van der Waals surface area contributed by atoms with Crippen LogP contribution in [0.25, 0.3) is 0 Å². The maximum absolute atomic E-state index is 13.1. The predicted molar refractivity (Wildman–Crippen MR) is 157 cm³/mol. The van der Waals surface area contributed by atoms with E-state index in [2.05, 4.69) is 27.2 Å². The van der Waals surface area contributed by atoms with Gasteiger partial charge in [-0.15, -0.1) is 11.8 Å². The number of carbonyl (C=O) groups excluding carboxylic acids is 1. The van der Waals surface area contributed by atoms with Crippen molar-refractivity contribution in [2.45, 2.75) is 90.1 Å². The van der Waals surface area contributed by atoms with E-state index in [1.807, 2.05) is 66.7 Å². The van der Waals surface area contributed by atoms with E-state index in [0.29, 0.717) is 6.16 Å². The average Bonchev–Trinajstić information content (AvgIpc) is 2.80. The molecular weight excluding hydrogens is 521 g/mol. The van der Waals surface area contributed by atoms with Crippen molar-refractivity contribution in [1.82, 2.24) is 15.1 Å². The van der Waals surface area contributed by atoms with Crippen LogP contribution >= 0.6 is 19.4 Å². The van der Waals surface area contributed by atoms with Gasteiger partial charge in [0.15, 0.2) is 0 Å². The third kappa shape index (κ3) is 14.3. The lowest BCUT2D eigenvalue weighted by Gasteiger charge is -2.35. The standard InChI is InChI=1S/C28H50N3O5PS/c1-23(2)35-37(33,36-24(3)4)21-11-15-30-17-19-31(20-18-30)16-14-25(29-27(32)34-28(5,6)7)22-38-26-12-9-8-10-13-26/h8-10,12-13,23-25H,11,14-22H2,1-7H3,(H,29,32)/t25-/m1/s1. The predicted octanol–water partition coefficient (Wildman–Crippen LogP) is 6.11. The minimum absolute atomic E-state index is 0.0177. The Morgan fingerprint density at radius 1 is 0.974 bits per heavy atom. The minimum atomic E-state index is -3.07. The second kappa shape index (κ2) is 16.2. The summed E-state index contributed by atoms with van der Waals surface area (Å²) in [5.74, 6) is 0.792. The van der Waals surface area contributed by atoms with Crippen LogP contribution in [0.5, 0.6) is 0 Å². The molecule has 0 spiro atoms. The molecule has 8 nitrogen and oxygen atoms in total. The summed E-state index contributed by atoms with van der Waals surface area (Å²) in [6.07, 6.45) is 1.49. The number of ether oxygens (including phenoxy) is 1. The second-order valence-electron chi connectivity index (χ2n) is 11.4. The van der Waals surface area contributed by atoms with Gasteiger partial charge in [-0.1, -0.05) is 18.2 Å². The summed E-state index contributed by atoms with van der Waals surface area (Å²) in [5.41, 5.74) is -0.521. The first-order valence-corrected chi connectivity index (χ1v) is 16.6. The Morgan fingerprint density at radius 2 is 1.53 bits per heavy atom. The van der Waals surface area contributed by atoms with Crippen LogP contribution in [0.2, 0.25) is 0 Å². The van der Waals surface area contributed by atoms with Gasteiger partial charge >= 0.3 is 13.7 Å². The number of alkyl carbamates (subject to hydrolysis) is 1. The number of piperazine rings is 1. The fourth-order valence-electron chi connectivity index (χ4n) is 4.22. The zero-order valence-corrected chi connectivity index (χ0v) is 26.2. The van der Waals surface area contributed by atoms with Crippen molar-refractivity contribution >= 4 is 25.5 Å². The zero-order valence-electron chi connectivity index (χ0n) is 24.5. The Labute approximate surface area is 235 Å². The third-order valence-electron chi connectivity index (χ3n) is 5.82. The maximum atomic E-state index is 13.1. The van der Waals surface area contributed by atoms with Gasteiger partial charge < -0.3 is 28.9 Å². The van der Waals surface area contributed by atoms with Gasteiger partial charge in [-0.3, -0.25) is 4.57 Å². The van der Waals surface area contributed by atoms with Crippen LogP contribution < -0.4 is 5.32 Å². The van der Waals surface area contributed by atoms with Gasteiger partial charge in [0.25, 0.3) is 0 Å². The highest BCUT2D eigenvalue weighted by Gasteiger charge is 2.28. The Hall–Kier alpha value is -1.09. The van der Waals surface area contributed by atoms with Crippen LogP contribution in [0, 0.1) is 0 Å². The Kier molecular flexibility index (Phi) is 14.2. The van der Waals surface area contributed by atoms with Crippen molar-refractivity contribution in [2.24, 2.45) is 0 Å². The van der Waals surface area contributed by atoms with Crippen molar-refractivity contribution < 1.29 is 23.1 Å². The third-order valence-corrected chi connectivity index (χ3v) is 9.35. The van der Waals surface area contributed by atoms with Crippen molar-refractivity contribution in [3.8, 4) is 0 Å². The summed E-state index contributed by atoms with van der Waals surface area (Å²) in [6.45, 7) is 18.9. The number of rotatable bonds is 15. The first-order chi connectivity index (χ1) is 17.8. The second-order valence-corrected chi connectivity index (χ2v) is 14.6. The zero-order chi connectivity index (χ0) is 28.2. The summed E-state index contributed by atoms with van der Waals surface area (Å²) >= 11 is 1.75. The molecular formula is C28H50N3O5PS. The molecule has 0 unspecified atom stereocenters. The molecule has 1 aliphatic heterocycles. The molecule has 38 heavy (non-hydrogen) atoms. The lowest BCUT2D eigenvalue weighted by molar-refractivity contribution is 0.0502. The average molecular weight is 572 g/mol. The normalized spacial score (nSPS) is 16.7. The number of amides is 1. The molecule has 0 aliphatic carbocycles. The number of carbonyl (C=O) groups is 1. The molecule has 0 saturated carbocycles.